The molecule has 1 atom stereocenters. The fraction of sp³-hybridized carbons (Fsp3) is 0.600. The molecule has 0 radical (unpaired) electrons. The molecule has 18 heavy (non-hydrogen) atoms. The molecule has 1 aromatic carbocycles. The quantitative estimate of drug-likeness (QED) is 0.813. The van der Waals surface area contributed by atoms with Crippen LogP contribution in [0.5, 0.6) is 5.75 Å². The molecular formula is C15H23NO2. The van der Waals surface area contributed by atoms with Crippen molar-refractivity contribution in [2.45, 2.75) is 51.4 Å². The van der Waals surface area contributed by atoms with Crippen LogP contribution in [0.1, 0.15) is 39.2 Å². The summed E-state index contributed by atoms with van der Waals surface area (Å²) in [5.74, 6) is 0.861. The largest absolute Gasteiger partial charge is 0.490 e. The summed E-state index contributed by atoms with van der Waals surface area (Å²) in [4.78, 5) is 0. The number of hydrogen-bond acceptors (Lipinski definition) is 3. The van der Waals surface area contributed by atoms with Gasteiger partial charge >= 0.3 is 0 Å². The van der Waals surface area contributed by atoms with Crippen LogP contribution in [0.3, 0.4) is 0 Å². The van der Waals surface area contributed by atoms with Gasteiger partial charge in [0.15, 0.2) is 0 Å². The predicted octanol–water partition coefficient (Wildman–Crippen LogP) is 2.43. The van der Waals surface area contributed by atoms with Crippen LogP contribution in [-0.2, 0) is 5.60 Å². The van der Waals surface area contributed by atoms with Crippen molar-refractivity contribution in [3.05, 3.63) is 29.8 Å². The van der Waals surface area contributed by atoms with Crippen molar-refractivity contribution in [3.63, 3.8) is 0 Å². The molecule has 0 bridgehead atoms. The van der Waals surface area contributed by atoms with Crippen LogP contribution in [0.25, 0.3) is 0 Å². The van der Waals surface area contributed by atoms with E-state index in [0.717, 1.165) is 24.2 Å². The van der Waals surface area contributed by atoms with E-state index < -0.39 is 5.60 Å². The molecule has 1 unspecified atom stereocenters. The highest BCUT2D eigenvalue weighted by atomic mass is 16.5. The average Bonchev–Trinajstić information content (AvgIpc) is 3.11. The molecule has 2 rings (SSSR count). The van der Waals surface area contributed by atoms with Crippen LogP contribution in [0.2, 0.25) is 0 Å². The highest BCUT2D eigenvalue weighted by Crippen LogP contribution is 2.29. The molecule has 0 saturated heterocycles. The number of aliphatic hydroxyl groups is 1. The molecule has 0 aliphatic heterocycles. The van der Waals surface area contributed by atoms with E-state index in [1.807, 2.05) is 31.2 Å². The smallest absolute Gasteiger partial charge is 0.120 e. The first kappa shape index (κ1) is 13.4. The van der Waals surface area contributed by atoms with E-state index >= 15 is 0 Å². The normalized spacial score (nSPS) is 18.7. The molecule has 1 saturated carbocycles. The van der Waals surface area contributed by atoms with E-state index in [2.05, 4.69) is 19.2 Å². The van der Waals surface area contributed by atoms with Crippen LogP contribution < -0.4 is 10.1 Å². The lowest BCUT2D eigenvalue weighted by atomic mass is 9.95. The number of hydrogen-bond donors (Lipinski definition) is 2. The third kappa shape index (κ3) is 3.72. The van der Waals surface area contributed by atoms with Gasteiger partial charge in [0.2, 0.25) is 0 Å². The van der Waals surface area contributed by atoms with Gasteiger partial charge in [0, 0.05) is 12.6 Å². The van der Waals surface area contributed by atoms with Crippen molar-refractivity contribution < 1.29 is 9.84 Å². The molecule has 1 aliphatic rings. The fourth-order valence-electron chi connectivity index (χ4n) is 1.79. The number of rotatable bonds is 6. The third-order valence-corrected chi connectivity index (χ3v) is 3.14. The summed E-state index contributed by atoms with van der Waals surface area (Å²) in [5.41, 5.74) is 0.0292. The lowest BCUT2D eigenvalue weighted by Crippen LogP contribution is -2.38. The first-order valence-corrected chi connectivity index (χ1v) is 6.70. The van der Waals surface area contributed by atoms with Crippen molar-refractivity contribution in [3.8, 4) is 5.75 Å². The van der Waals surface area contributed by atoms with Gasteiger partial charge in [-0.25, -0.2) is 0 Å². The van der Waals surface area contributed by atoms with Gasteiger partial charge in [-0.1, -0.05) is 26.0 Å². The van der Waals surface area contributed by atoms with Crippen LogP contribution in [0.15, 0.2) is 24.3 Å². The minimum Gasteiger partial charge on any atom is -0.490 e. The number of benzene rings is 1. The minimum atomic E-state index is -0.868. The second kappa shape index (κ2) is 5.29. The first-order chi connectivity index (χ1) is 8.47. The Balaban J connectivity index is 2.05. The Morgan fingerprint density at radius 3 is 2.78 bits per heavy atom. The van der Waals surface area contributed by atoms with E-state index in [9.17, 15) is 5.11 Å². The van der Waals surface area contributed by atoms with E-state index in [1.54, 1.807) is 0 Å². The molecule has 0 spiro atoms. The van der Waals surface area contributed by atoms with Gasteiger partial charge in [0.05, 0.1) is 11.7 Å². The molecule has 100 valence electrons. The molecule has 1 aromatic rings. The van der Waals surface area contributed by atoms with Gasteiger partial charge in [-0.15, -0.1) is 0 Å². The number of nitrogens with one attached hydrogen (secondary N) is 1. The molecule has 0 aromatic heterocycles. The van der Waals surface area contributed by atoms with Gasteiger partial charge in [0.25, 0.3) is 0 Å². The van der Waals surface area contributed by atoms with Crippen LogP contribution in [0, 0.1) is 0 Å². The maximum atomic E-state index is 10.5. The Kier molecular flexibility index (Phi) is 3.93. The molecule has 3 heteroatoms. The van der Waals surface area contributed by atoms with Crippen molar-refractivity contribution >= 4 is 0 Å². The van der Waals surface area contributed by atoms with Gasteiger partial charge in [0.1, 0.15) is 5.75 Å². The fourth-order valence-corrected chi connectivity index (χ4v) is 1.79. The Morgan fingerprint density at radius 1 is 1.44 bits per heavy atom. The molecule has 1 aliphatic carbocycles. The molecule has 1 fully saturated rings. The summed E-state index contributed by atoms with van der Waals surface area (Å²) < 4.78 is 5.76. The van der Waals surface area contributed by atoms with Gasteiger partial charge < -0.3 is 15.2 Å². The van der Waals surface area contributed by atoms with Crippen molar-refractivity contribution in [2.24, 2.45) is 0 Å². The highest BCUT2D eigenvalue weighted by molar-refractivity contribution is 5.32. The van der Waals surface area contributed by atoms with Crippen LogP contribution >= 0.6 is 0 Å². The topological polar surface area (TPSA) is 41.5 Å². The van der Waals surface area contributed by atoms with Crippen molar-refractivity contribution in [1.82, 2.24) is 5.32 Å². The van der Waals surface area contributed by atoms with Gasteiger partial charge in [-0.05, 0) is 37.5 Å². The monoisotopic (exact) mass is 249 g/mol. The summed E-state index contributed by atoms with van der Waals surface area (Å²) >= 11 is 0. The average molecular weight is 249 g/mol. The third-order valence-electron chi connectivity index (χ3n) is 3.14. The maximum absolute atomic E-state index is 10.5. The van der Waals surface area contributed by atoms with Crippen molar-refractivity contribution in [2.75, 3.05) is 6.54 Å². The summed E-state index contributed by atoms with van der Waals surface area (Å²) in [6.45, 7) is 6.52. The molecule has 3 nitrogen and oxygen atoms in total. The zero-order valence-corrected chi connectivity index (χ0v) is 11.4. The minimum absolute atomic E-state index is 0.363. The van der Waals surface area contributed by atoms with E-state index in [0.29, 0.717) is 18.7 Å². The lowest BCUT2D eigenvalue weighted by molar-refractivity contribution is 0.0546. The van der Waals surface area contributed by atoms with E-state index in [4.69, 9.17) is 4.74 Å². The summed E-state index contributed by atoms with van der Waals surface area (Å²) in [5, 5.41) is 13.8. The maximum Gasteiger partial charge on any atom is 0.120 e. The van der Waals surface area contributed by atoms with E-state index in [-0.39, 0.29) is 0 Å². The van der Waals surface area contributed by atoms with Crippen LogP contribution in [0.4, 0.5) is 0 Å². The Morgan fingerprint density at radius 2 is 2.17 bits per heavy atom. The highest BCUT2D eigenvalue weighted by Gasteiger charge is 2.26. The van der Waals surface area contributed by atoms with Crippen LogP contribution in [-0.4, -0.2) is 23.8 Å². The van der Waals surface area contributed by atoms with Gasteiger partial charge in [-0.3, -0.25) is 0 Å². The number of ether oxygens (including phenoxy) is 1. The molecule has 0 amide bonds. The van der Waals surface area contributed by atoms with Crippen molar-refractivity contribution in [1.29, 1.82) is 0 Å². The summed E-state index contributed by atoms with van der Waals surface area (Å²) in [7, 11) is 0. The SMILES string of the molecule is CC(C)NCC(C)(O)c1cccc(OC2CC2)c1. The lowest BCUT2D eigenvalue weighted by Gasteiger charge is -2.26. The predicted molar refractivity (Wildman–Crippen MR) is 72.8 cm³/mol. The molecule has 2 N–H and O–H groups in total. The van der Waals surface area contributed by atoms with Gasteiger partial charge in [-0.2, -0.15) is 0 Å². The van der Waals surface area contributed by atoms with E-state index in [1.165, 1.54) is 0 Å². The Bertz CT molecular complexity index is 397. The standard InChI is InChI=1S/C15H23NO2/c1-11(2)16-10-15(3,17)12-5-4-6-14(9-12)18-13-7-8-13/h4-6,9,11,13,16-17H,7-8,10H2,1-3H3. The first-order valence-electron chi connectivity index (χ1n) is 6.70. The molecule has 0 heterocycles. The Hall–Kier alpha value is -1.06. The second-order valence-electron chi connectivity index (χ2n) is 5.65. The molecular weight excluding hydrogens is 226 g/mol. The zero-order valence-electron chi connectivity index (χ0n) is 11.4. The summed E-state index contributed by atoms with van der Waals surface area (Å²) in [6, 6.07) is 8.15. The second-order valence-corrected chi connectivity index (χ2v) is 5.65. The zero-order chi connectivity index (χ0) is 13.2. The summed E-state index contributed by atoms with van der Waals surface area (Å²) in [6.07, 6.45) is 2.68. The Labute approximate surface area is 109 Å².